The number of para-hydroxylation sites is 1. The molecule has 2 aromatic rings. The number of carboxylic acids is 1. The van der Waals surface area contributed by atoms with Crippen molar-refractivity contribution < 1.29 is 15.0 Å². The summed E-state index contributed by atoms with van der Waals surface area (Å²) in [5, 5.41) is 18.7. The fourth-order valence-corrected chi connectivity index (χ4v) is 2.19. The van der Waals surface area contributed by atoms with Crippen LogP contribution in [0.2, 0.25) is 0 Å². The minimum atomic E-state index is -1.26. The maximum Gasteiger partial charge on any atom is 0.343 e. The molecule has 20 heavy (non-hydrogen) atoms. The van der Waals surface area contributed by atoms with Gasteiger partial charge in [0.15, 0.2) is 0 Å². The van der Waals surface area contributed by atoms with Gasteiger partial charge < -0.3 is 10.2 Å². The Balaban J connectivity index is 2.75. The molecule has 0 saturated heterocycles. The number of aromatic nitrogens is 2. The molecule has 0 aliphatic carbocycles. The van der Waals surface area contributed by atoms with Crippen molar-refractivity contribution in [2.75, 3.05) is 0 Å². The predicted octanol–water partition coefficient (Wildman–Crippen LogP) is 1.03. The topological polar surface area (TPSA) is 84.5 Å². The SMILES string of the molecule is Cc1c(C(=O)O)c(=O)n(-c2ccccc2)n1C[C@H](C)O. The van der Waals surface area contributed by atoms with Crippen LogP contribution in [0.4, 0.5) is 0 Å². The fourth-order valence-electron chi connectivity index (χ4n) is 2.19. The molecule has 6 nitrogen and oxygen atoms in total. The Morgan fingerprint density at radius 1 is 1.30 bits per heavy atom. The number of benzene rings is 1. The third-order valence-corrected chi connectivity index (χ3v) is 3.05. The molecule has 1 aromatic carbocycles. The van der Waals surface area contributed by atoms with E-state index in [1.165, 1.54) is 9.36 Å². The monoisotopic (exact) mass is 276 g/mol. The van der Waals surface area contributed by atoms with Crippen molar-refractivity contribution in [1.29, 1.82) is 0 Å². The Bertz CT molecular complexity index is 683. The van der Waals surface area contributed by atoms with Gasteiger partial charge in [-0.25, -0.2) is 9.48 Å². The van der Waals surface area contributed by atoms with E-state index < -0.39 is 17.6 Å². The van der Waals surface area contributed by atoms with Gasteiger partial charge in [0.2, 0.25) is 0 Å². The Labute approximate surface area is 115 Å². The Hall–Kier alpha value is -2.34. The molecule has 0 bridgehead atoms. The molecule has 1 atom stereocenters. The van der Waals surface area contributed by atoms with Crippen molar-refractivity contribution in [2.24, 2.45) is 0 Å². The van der Waals surface area contributed by atoms with Gasteiger partial charge in [0, 0.05) is 0 Å². The molecule has 0 aliphatic rings. The van der Waals surface area contributed by atoms with Gasteiger partial charge in [-0.3, -0.25) is 9.48 Å². The zero-order chi connectivity index (χ0) is 14.9. The second-order valence-electron chi connectivity index (χ2n) is 4.65. The summed E-state index contributed by atoms with van der Waals surface area (Å²) in [4.78, 5) is 23.5. The van der Waals surface area contributed by atoms with Crippen LogP contribution in [-0.2, 0) is 6.54 Å². The lowest BCUT2D eigenvalue weighted by Crippen LogP contribution is -2.26. The predicted molar refractivity (Wildman–Crippen MR) is 73.4 cm³/mol. The fraction of sp³-hybridized carbons (Fsp3) is 0.286. The summed E-state index contributed by atoms with van der Waals surface area (Å²) in [6.45, 7) is 3.29. The lowest BCUT2D eigenvalue weighted by Gasteiger charge is -2.15. The van der Waals surface area contributed by atoms with Gasteiger partial charge in [-0.15, -0.1) is 0 Å². The highest BCUT2D eigenvalue weighted by molar-refractivity contribution is 5.88. The molecule has 0 saturated carbocycles. The Kier molecular flexibility index (Phi) is 3.76. The molecule has 6 heteroatoms. The molecule has 2 N–H and O–H groups in total. The van der Waals surface area contributed by atoms with E-state index in [1.54, 1.807) is 44.2 Å². The summed E-state index contributed by atoms with van der Waals surface area (Å²) >= 11 is 0. The van der Waals surface area contributed by atoms with E-state index in [1.807, 2.05) is 0 Å². The highest BCUT2D eigenvalue weighted by Crippen LogP contribution is 2.12. The number of aliphatic hydroxyl groups is 1. The number of hydrogen-bond donors (Lipinski definition) is 2. The molecule has 0 spiro atoms. The van der Waals surface area contributed by atoms with Crippen LogP contribution in [0.5, 0.6) is 0 Å². The zero-order valence-corrected chi connectivity index (χ0v) is 11.3. The van der Waals surface area contributed by atoms with Crippen LogP contribution in [0.3, 0.4) is 0 Å². The van der Waals surface area contributed by atoms with Crippen molar-refractivity contribution in [3.8, 4) is 5.69 Å². The molecule has 0 aliphatic heterocycles. The largest absolute Gasteiger partial charge is 0.477 e. The second-order valence-corrected chi connectivity index (χ2v) is 4.65. The number of hydrogen-bond acceptors (Lipinski definition) is 3. The van der Waals surface area contributed by atoms with E-state index in [4.69, 9.17) is 0 Å². The molecule has 1 aromatic heterocycles. The van der Waals surface area contributed by atoms with Gasteiger partial charge in [-0.1, -0.05) is 18.2 Å². The van der Waals surface area contributed by atoms with Crippen LogP contribution in [0, 0.1) is 6.92 Å². The van der Waals surface area contributed by atoms with E-state index in [0.29, 0.717) is 11.4 Å². The molecule has 0 radical (unpaired) electrons. The van der Waals surface area contributed by atoms with Gasteiger partial charge in [0.05, 0.1) is 24.0 Å². The van der Waals surface area contributed by atoms with E-state index in [-0.39, 0.29) is 12.1 Å². The van der Waals surface area contributed by atoms with Gasteiger partial charge in [0.1, 0.15) is 5.56 Å². The van der Waals surface area contributed by atoms with Crippen LogP contribution < -0.4 is 5.56 Å². The number of aliphatic hydroxyl groups excluding tert-OH is 1. The summed E-state index contributed by atoms with van der Waals surface area (Å²) in [6, 6.07) is 8.76. The third-order valence-electron chi connectivity index (χ3n) is 3.05. The minimum Gasteiger partial charge on any atom is -0.477 e. The second kappa shape index (κ2) is 5.34. The van der Waals surface area contributed by atoms with Crippen LogP contribution in [0.15, 0.2) is 35.1 Å². The maximum atomic E-state index is 12.3. The standard InChI is InChI=1S/C14H16N2O4/c1-9(17)8-15-10(2)12(14(19)20)13(18)16(15)11-6-4-3-5-7-11/h3-7,9,17H,8H2,1-2H3,(H,19,20)/t9-/m0/s1. The summed E-state index contributed by atoms with van der Waals surface area (Å²) in [7, 11) is 0. The molecule has 106 valence electrons. The van der Waals surface area contributed by atoms with Gasteiger partial charge in [0.25, 0.3) is 5.56 Å². The first-order valence-electron chi connectivity index (χ1n) is 6.22. The number of rotatable bonds is 4. The number of aromatic carboxylic acids is 1. The summed E-state index contributed by atoms with van der Waals surface area (Å²) in [5.41, 5.74) is 0.0253. The molecule has 0 amide bonds. The Morgan fingerprint density at radius 3 is 2.40 bits per heavy atom. The van der Waals surface area contributed by atoms with Crippen LogP contribution in [0.1, 0.15) is 23.0 Å². The minimum absolute atomic E-state index is 0.142. The molecule has 1 heterocycles. The number of carboxylic acid groups (broad SMARTS) is 1. The van der Waals surface area contributed by atoms with Gasteiger partial charge in [-0.2, -0.15) is 0 Å². The average Bonchev–Trinajstić information content (AvgIpc) is 2.61. The molecular formula is C14H16N2O4. The quantitative estimate of drug-likeness (QED) is 0.873. The van der Waals surface area contributed by atoms with Gasteiger partial charge >= 0.3 is 5.97 Å². The van der Waals surface area contributed by atoms with Crippen molar-refractivity contribution in [1.82, 2.24) is 9.36 Å². The number of nitrogens with zero attached hydrogens (tertiary/aromatic N) is 2. The van der Waals surface area contributed by atoms with Crippen molar-refractivity contribution in [3.05, 3.63) is 51.9 Å². The van der Waals surface area contributed by atoms with Crippen molar-refractivity contribution >= 4 is 5.97 Å². The zero-order valence-electron chi connectivity index (χ0n) is 11.3. The highest BCUT2D eigenvalue weighted by atomic mass is 16.4. The van der Waals surface area contributed by atoms with E-state index in [9.17, 15) is 19.8 Å². The first kappa shape index (κ1) is 14.1. The van der Waals surface area contributed by atoms with Crippen molar-refractivity contribution in [2.45, 2.75) is 26.5 Å². The van der Waals surface area contributed by atoms with Crippen molar-refractivity contribution in [3.63, 3.8) is 0 Å². The third kappa shape index (κ3) is 2.37. The van der Waals surface area contributed by atoms with Crippen LogP contribution in [-0.4, -0.2) is 31.6 Å². The summed E-state index contributed by atoms with van der Waals surface area (Å²) < 4.78 is 2.78. The number of carbonyl (C=O) groups is 1. The lowest BCUT2D eigenvalue weighted by molar-refractivity contribution is 0.0694. The maximum absolute atomic E-state index is 12.3. The van der Waals surface area contributed by atoms with Gasteiger partial charge in [-0.05, 0) is 26.0 Å². The normalized spacial score (nSPS) is 12.3. The van der Waals surface area contributed by atoms with Crippen LogP contribution >= 0.6 is 0 Å². The molecule has 0 fully saturated rings. The summed E-state index contributed by atoms with van der Waals surface area (Å²) in [5.74, 6) is -1.26. The molecular weight excluding hydrogens is 260 g/mol. The molecule has 2 rings (SSSR count). The molecule has 0 unspecified atom stereocenters. The smallest absolute Gasteiger partial charge is 0.343 e. The Morgan fingerprint density at radius 2 is 1.90 bits per heavy atom. The first-order valence-corrected chi connectivity index (χ1v) is 6.22. The van der Waals surface area contributed by atoms with Crippen LogP contribution in [0.25, 0.3) is 5.69 Å². The lowest BCUT2D eigenvalue weighted by atomic mass is 10.2. The van der Waals surface area contributed by atoms with E-state index in [0.717, 1.165) is 0 Å². The highest BCUT2D eigenvalue weighted by Gasteiger charge is 2.23. The average molecular weight is 276 g/mol. The summed E-state index contributed by atoms with van der Waals surface area (Å²) in [6.07, 6.45) is -0.697. The first-order chi connectivity index (χ1) is 9.43. The van der Waals surface area contributed by atoms with E-state index in [2.05, 4.69) is 0 Å². The van der Waals surface area contributed by atoms with E-state index >= 15 is 0 Å².